The van der Waals surface area contributed by atoms with E-state index in [1.54, 1.807) is 18.2 Å². The van der Waals surface area contributed by atoms with Gasteiger partial charge in [-0.05, 0) is 51.0 Å². The molecule has 0 radical (unpaired) electrons. The number of nitrogens with one attached hydrogen (secondary N) is 1. The molecule has 1 amide bonds. The van der Waals surface area contributed by atoms with Crippen molar-refractivity contribution in [2.75, 3.05) is 13.7 Å². The average molecular weight is 477 g/mol. The van der Waals surface area contributed by atoms with E-state index in [9.17, 15) is 4.79 Å². The first-order valence-corrected chi connectivity index (χ1v) is 10.1. The van der Waals surface area contributed by atoms with Crippen molar-refractivity contribution in [3.8, 4) is 23.8 Å². The Kier molecular flexibility index (Phi) is 5.92. The lowest BCUT2D eigenvalue weighted by molar-refractivity contribution is 0.0929. The van der Waals surface area contributed by atoms with Gasteiger partial charge in [-0.2, -0.15) is 5.10 Å². The number of fused-ring (bicyclic) bond motifs is 3. The Morgan fingerprint density at radius 2 is 2.03 bits per heavy atom. The third-order valence-electron chi connectivity index (χ3n) is 4.61. The van der Waals surface area contributed by atoms with Gasteiger partial charge < -0.3 is 13.9 Å². The molecule has 0 unspecified atom stereocenters. The van der Waals surface area contributed by atoms with Crippen molar-refractivity contribution in [1.82, 2.24) is 5.43 Å². The zero-order valence-corrected chi connectivity index (χ0v) is 18.1. The third kappa shape index (κ3) is 4.25. The highest BCUT2D eigenvalue weighted by atomic mass is 79.9. The van der Waals surface area contributed by atoms with Crippen molar-refractivity contribution in [1.29, 1.82) is 0 Å². The smallest absolute Gasteiger partial charge is 0.307 e. The van der Waals surface area contributed by atoms with Crippen LogP contribution in [0.3, 0.4) is 0 Å². The molecule has 1 aromatic heterocycles. The third-order valence-corrected chi connectivity index (χ3v) is 5.30. The van der Waals surface area contributed by atoms with Gasteiger partial charge in [0, 0.05) is 15.4 Å². The molecule has 0 fully saturated rings. The summed E-state index contributed by atoms with van der Waals surface area (Å²) < 4.78 is 17.2. The van der Waals surface area contributed by atoms with Crippen LogP contribution in [0, 0.1) is 12.3 Å². The van der Waals surface area contributed by atoms with Gasteiger partial charge in [0.15, 0.2) is 17.3 Å². The van der Waals surface area contributed by atoms with Crippen molar-refractivity contribution in [2.24, 2.45) is 5.10 Å². The minimum Gasteiger partial charge on any atom is -0.493 e. The van der Waals surface area contributed by atoms with Crippen molar-refractivity contribution < 1.29 is 18.7 Å². The van der Waals surface area contributed by atoms with Gasteiger partial charge in [-0.15, -0.1) is 6.42 Å². The summed E-state index contributed by atoms with van der Waals surface area (Å²) in [5.74, 6) is 3.13. The van der Waals surface area contributed by atoms with E-state index in [4.69, 9.17) is 20.3 Å². The number of halogens is 1. The maximum absolute atomic E-state index is 12.5. The number of hydrogen-bond acceptors (Lipinski definition) is 5. The fourth-order valence-electron chi connectivity index (χ4n) is 3.16. The zero-order valence-electron chi connectivity index (χ0n) is 16.5. The fourth-order valence-corrected chi connectivity index (χ4v) is 3.59. The average Bonchev–Trinajstić information content (AvgIpc) is 3.24. The molecule has 0 spiro atoms. The topological polar surface area (TPSA) is 73.1 Å². The standard InChI is InChI=1S/C24H17BrN2O4/c1-3-10-30-22-13-19(25)16(11-21(22)29-2)14-26-27-24(28)23-12-18-17-7-5-4-6-15(17)8-9-20(18)31-23/h1,4-9,11-14H,10H2,2H3,(H,27,28)/b26-14-. The molecular formula is C24H17BrN2O4. The van der Waals surface area contributed by atoms with E-state index in [1.165, 1.54) is 13.3 Å². The van der Waals surface area contributed by atoms with Crippen LogP contribution in [0.15, 0.2) is 68.6 Å². The van der Waals surface area contributed by atoms with Crippen LogP contribution in [0.4, 0.5) is 0 Å². The van der Waals surface area contributed by atoms with Gasteiger partial charge in [-0.1, -0.05) is 36.3 Å². The second-order valence-corrected chi connectivity index (χ2v) is 7.38. The Labute approximate surface area is 187 Å². The molecule has 7 heteroatoms. The number of nitrogens with zero attached hydrogens (tertiary/aromatic N) is 1. The number of benzene rings is 3. The molecule has 1 N–H and O–H groups in total. The van der Waals surface area contributed by atoms with Gasteiger partial charge in [0.05, 0.1) is 13.3 Å². The second kappa shape index (κ2) is 8.94. The number of hydrogen-bond donors (Lipinski definition) is 1. The van der Waals surface area contributed by atoms with Crippen LogP contribution in [0.5, 0.6) is 11.5 Å². The molecular weight excluding hydrogens is 460 g/mol. The summed E-state index contributed by atoms with van der Waals surface area (Å²) in [6.45, 7) is 0.124. The van der Waals surface area contributed by atoms with Crippen LogP contribution < -0.4 is 14.9 Å². The molecule has 1 heterocycles. The lowest BCUT2D eigenvalue weighted by Gasteiger charge is -2.10. The Balaban J connectivity index is 1.53. The predicted octanol–water partition coefficient (Wildman–Crippen LogP) is 5.13. The van der Waals surface area contributed by atoms with Crippen LogP contribution in [0.2, 0.25) is 0 Å². The molecule has 0 aliphatic carbocycles. The maximum Gasteiger partial charge on any atom is 0.307 e. The number of ether oxygens (including phenoxy) is 2. The molecule has 6 nitrogen and oxygen atoms in total. The van der Waals surface area contributed by atoms with E-state index in [-0.39, 0.29) is 12.4 Å². The van der Waals surface area contributed by atoms with E-state index in [2.05, 4.69) is 32.4 Å². The van der Waals surface area contributed by atoms with Crippen molar-refractivity contribution >= 4 is 49.8 Å². The number of rotatable bonds is 6. The summed E-state index contributed by atoms with van der Waals surface area (Å²) in [7, 11) is 1.53. The largest absolute Gasteiger partial charge is 0.493 e. The number of terminal acetylenes is 1. The Bertz CT molecular complexity index is 1350. The van der Waals surface area contributed by atoms with E-state index < -0.39 is 5.91 Å². The van der Waals surface area contributed by atoms with Crippen LogP contribution in [0.25, 0.3) is 21.7 Å². The first-order valence-electron chi connectivity index (χ1n) is 9.29. The van der Waals surface area contributed by atoms with E-state index >= 15 is 0 Å². The predicted molar refractivity (Wildman–Crippen MR) is 124 cm³/mol. The summed E-state index contributed by atoms with van der Waals surface area (Å²) in [4.78, 5) is 12.5. The molecule has 4 aromatic rings. The summed E-state index contributed by atoms with van der Waals surface area (Å²) in [5, 5.41) is 7.01. The van der Waals surface area contributed by atoms with Crippen molar-refractivity contribution in [2.45, 2.75) is 0 Å². The summed E-state index contributed by atoms with van der Waals surface area (Å²) in [6.07, 6.45) is 6.73. The summed E-state index contributed by atoms with van der Waals surface area (Å²) in [5.41, 5.74) is 3.81. The molecule has 0 saturated heterocycles. The second-order valence-electron chi connectivity index (χ2n) is 6.53. The Morgan fingerprint density at radius 1 is 1.19 bits per heavy atom. The first-order chi connectivity index (χ1) is 15.1. The summed E-state index contributed by atoms with van der Waals surface area (Å²) in [6, 6.07) is 16.9. The molecule has 0 aliphatic heterocycles. The summed E-state index contributed by atoms with van der Waals surface area (Å²) >= 11 is 3.45. The number of hydrazone groups is 1. The van der Waals surface area contributed by atoms with Crippen molar-refractivity contribution in [3.63, 3.8) is 0 Å². The van der Waals surface area contributed by atoms with Crippen LogP contribution in [-0.4, -0.2) is 25.8 Å². The fraction of sp³-hybridized carbons (Fsp3) is 0.0833. The normalized spacial score (nSPS) is 11.0. The minimum absolute atomic E-state index is 0.124. The molecule has 4 rings (SSSR count). The number of carbonyl (C=O) groups is 1. The van der Waals surface area contributed by atoms with Crippen LogP contribution in [0.1, 0.15) is 16.1 Å². The molecule has 0 bridgehead atoms. The quantitative estimate of drug-likeness (QED) is 0.237. The van der Waals surface area contributed by atoms with E-state index in [0.29, 0.717) is 27.1 Å². The molecule has 0 saturated carbocycles. The van der Waals surface area contributed by atoms with E-state index in [0.717, 1.165) is 16.2 Å². The Hall–Kier alpha value is -3.76. The van der Waals surface area contributed by atoms with Gasteiger partial charge in [-0.25, -0.2) is 5.43 Å². The molecule has 154 valence electrons. The number of methoxy groups -OCH3 is 1. The van der Waals surface area contributed by atoms with Crippen molar-refractivity contribution in [3.05, 3.63) is 70.4 Å². The zero-order chi connectivity index (χ0) is 21.8. The number of amides is 1. The number of carbonyl (C=O) groups excluding carboxylic acids is 1. The van der Waals surface area contributed by atoms with Gasteiger partial charge in [0.1, 0.15) is 12.2 Å². The first kappa shape index (κ1) is 20.5. The number of furan rings is 1. The van der Waals surface area contributed by atoms with Gasteiger partial charge in [0.2, 0.25) is 0 Å². The molecule has 0 atom stereocenters. The lowest BCUT2D eigenvalue weighted by Crippen LogP contribution is -2.16. The van der Waals surface area contributed by atoms with Crippen LogP contribution in [-0.2, 0) is 0 Å². The van der Waals surface area contributed by atoms with Crippen LogP contribution >= 0.6 is 15.9 Å². The lowest BCUT2D eigenvalue weighted by atomic mass is 10.1. The Morgan fingerprint density at radius 3 is 2.84 bits per heavy atom. The minimum atomic E-state index is -0.450. The monoisotopic (exact) mass is 476 g/mol. The van der Waals surface area contributed by atoms with Gasteiger partial charge in [-0.3, -0.25) is 4.79 Å². The van der Waals surface area contributed by atoms with Gasteiger partial charge in [0.25, 0.3) is 0 Å². The molecule has 3 aromatic carbocycles. The SMILES string of the molecule is C#CCOc1cc(Br)c(/C=N\NC(=O)c2cc3c(ccc4ccccc43)o2)cc1OC. The highest BCUT2D eigenvalue weighted by molar-refractivity contribution is 9.10. The van der Waals surface area contributed by atoms with Gasteiger partial charge >= 0.3 is 5.91 Å². The molecule has 0 aliphatic rings. The molecule has 31 heavy (non-hydrogen) atoms. The highest BCUT2D eigenvalue weighted by Crippen LogP contribution is 2.33. The van der Waals surface area contributed by atoms with E-state index in [1.807, 2.05) is 36.4 Å². The highest BCUT2D eigenvalue weighted by Gasteiger charge is 2.14. The maximum atomic E-state index is 12.5.